The lowest BCUT2D eigenvalue weighted by molar-refractivity contribution is -0.138. The second-order valence-electron chi connectivity index (χ2n) is 2.71. The van der Waals surface area contributed by atoms with Gasteiger partial charge in [-0.2, -0.15) is 5.26 Å². The number of rotatable bonds is 5. The molecule has 0 aromatic carbocycles. The van der Waals surface area contributed by atoms with Gasteiger partial charge in [0.2, 0.25) is 0 Å². The largest absolute Gasteiger partial charge is 0.480 e. The van der Waals surface area contributed by atoms with Crippen molar-refractivity contribution in [3.05, 3.63) is 0 Å². The van der Waals surface area contributed by atoms with Gasteiger partial charge in [-0.15, -0.1) is 0 Å². The number of hydrogen-bond donors (Lipinski definition) is 1. The maximum Gasteiger partial charge on any atom is 0.317 e. The summed E-state index contributed by atoms with van der Waals surface area (Å²) in [6, 6.07) is 2.10. The maximum atomic E-state index is 10.4. The Kier molecular flexibility index (Phi) is 5.06. The SMILES string of the molecule is CCC(C)N(CC#N)CC(=O)O. The van der Waals surface area contributed by atoms with Crippen LogP contribution < -0.4 is 0 Å². The molecule has 0 bridgehead atoms. The molecule has 12 heavy (non-hydrogen) atoms. The highest BCUT2D eigenvalue weighted by Crippen LogP contribution is 2.01. The Morgan fingerprint density at radius 2 is 2.33 bits per heavy atom. The third kappa shape index (κ3) is 3.94. The first-order valence-corrected chi connectivity index (χ1v) is 3.94. The average molecular weight is 170 g/mol. The van der Waals surface area contributed by atoms with Crippen molar-refractivity contribution in [3.8, 4) is 6.07 Å². The molecule has 0 aromatic heterocycles. The molecular formula is C8H14N2O2. The van der Waals surface area contributed by atoms with Gasteiger partial charge in [0.25, 0.3) is 0 Å². The molecule has 0 amide bonds. The van der Waals surface area contributed by atoms with Crippen molar-refractivity contribution >= 4 is 5.97 Å². The fourth-order valence-electron chi connectivity index (χ4n) is 0.890. The van der Waals surface area contributed by atoms with Crippen molar-refractivity contribution in [3.63, 3.8) is 0 Å². The summed E-state index contributed by atoms with van der Waals surface area (Å²) >= 11 is 0. The molecule has 68 valence electrons. The first kappa shape index (κ1) is 10.9. The zero-order valence-corrected chi connectivity index (χ0v) is 7.45. The summed E-state index contributed by atoms with van der Waals surface area (Å²) in [5, 5.41) is 16.9. The molecule has 1 unspecified atom stereocenters. The Morgan fingerprint density at radius 3 is 2.67 bits per heavy atom. The highest BCUT2D eigenvalue weighted by atomic mass is 16.4. The van der Waals surface area contributed by atoms with E-state index in [1.165, 1.54) is 0 Å². The van der Waals surface area contributed by atoms with Crippen molar-refractivity contribution < 1.29 is 9.90 Å². The van der Waals surface area contributed by atoms with Crippen molar-refractivity contribution in [2.45, 2.75) is 26.3 Å². The number of carbonyl (C=O) groups is 1. The van der Waals surface area contributed by atoms with Crippen molar-refractivity contribution in [2.75, 3.05) is 13.1 Å². The van der Waals surface area contributed by atoms with Gasteiger partial charge in [0, 0.05) is 6.04 Å². The number of carboxylic acids is 1. The molecule has 0 saturated carbocycles. The summed E-state index contributed by atoms with van der Waals surface area (Å²) in [7, 11) is 0. The zero-order valence-electron chi connectivity index (χ0n) is 7.45. The van der Waals surface area contributed by atoms with Gasteiger partial charge < -0.3 is 5.11 Å². The van der Waals surface area contributed by atoms with Crippen LogP contribution >= 0.6 is 0 Å². The predicted octanol–water partition coefficient (Wildman–Crippen LogP) is 0.695. The Hall–Kier alpha value is -1.08. The second kappa shape index (κ2) is 5.56. The Balaban J connectivity index is 4.04. The van der Waals surface area contributed by atoms with Crippen LogP contribution in [-0.4, -0.2) is 35.1 Å². The maximum absolute atomic E-state index is 10.4. The first-order valence-electron chi connectivity index (χ1n) is 3.94. The molecule has 0 aliphatic carbocycles. The fraction of sp³-hybridized carbons (Fsp3) is 0.750. The molecular weight excluding hydrogens is 156 g/mol. The molecule has 0 aliphatic rings. The smallest absolute Gasteiger partial charge is 0.317 e. The monoisotopic (exact) mass is 170 g/mol. The summed E-state index contributed by atoms with van der Waals surface area (Å²) in [6.45, 7) is 4.01. The number of nitrogens with zero attached hydrogens (tertiary/aromatic N) is 2. The van der Waals surface area contributed by atoms with E-state index in [1.54, 1.807) is 4.90 Å². The molecule has 0 aliphatic heterocycles. The van der Waals surface area contributed by atoms with Crippen molar-refractivity contribution in [1.29, 1.82) is 5.26 Å². The molecule has 0 radical (unpaired) electrons. The summed E-state index contributed by atoms with van der Waals surface area (Å²) in [6.07, 6.45) is 0.856. The topological polar surface area (TPSA) is 64.3 Å². The standard InChI is InChI=1S/C8H14N2O2/c1-3-7(2)10(5-4-9)6-8(11)12/h7H,3,5-6H2,1-2H3,(H,11,12). The molecule has 0 rings (SSSR count). The number of hydrogen-bond acceptors (Lipinski definition) is 3. The van der Waals surface area contributed by atoms with E-state index in [1.807, 2.05) is 19.9 Å². The zero-order chi connectivity index (χ0) is 9.56. The van der Waals surface area contributed by atoms with Crippen LogP contribution in [0.15, 0.2) is 0 Å². The quantitative estimate of drug-likeness (QED) is 0.617. The van der Waals surface area contributed by atoms with Gasteiger partial charge in [0.1, 0.15) is 0 Å². The van der Waals surface area contributed by atoms with Crippen LogP contribution in [0.25, 0.3) is 0 Å². The van der Waals surface area contributed by atoms with Crippen LogP contribution in [0.2, 0.25) is 0 Å². The van der Waals surface area contributed by atoms with E-state index in [9.17, 15) is 4.79 Å². The van der Waals surface area contributed by atoms with Crippen LogP contribution in [0.1, 0.15) is 20.3 Å². The molecule has 4 heteroatoms. The van der Waals surface area contributed by atoms with Gasteiger partial charge in [-0.05, 0) is 13.3 Å². The molecule has 4 nitrogen and oxygen atoms in total. The minimum absolute atomic E-state index is 0.0530. The first-order chi connectivity index (χ1) is 5.61. The minimum Gasteiger partial charge on any atom is -0.480 e. The normalized spacial score (nSPS) is 12.5. The fourth-order valence-corrected chi connectivity index (χ4v) is 0.890. The molecule has 0 saturated heterocycles. The van der Waals surface area contributed by atoms with Crippen molar-refractivity contribution in [1.82, 2.24) is 4.90 Å². The van der Waals surface area contributed by atoms with E-state index in [0.29, 0.717) is 0 Å². The number of nitriles is 1. The molecule has 0 spiro atoms. The summed E-state index contributed by atoms with van der Waals surface area (Å²) in [4.78, 5) is 12.0. The van der Waals surface area contributed by atoms with E-state index >= 15 is 0 Å². The Bertz CT molecular complexity index is 186. The summed E-state index contributed by atoms with van der Waals surface area (Å²) in [5.74, 6) is -0.884. The van der Waals surface area contributed by atoms with Gasteiger partial charge >= 0.3 is 5.97 Å². The van der Waals surface area contributed by atoms with E-state index in [2.05, 4.69) is 0 Å². The van der Waals surface area contributed by atoms with Crippen LogP contribution in [0, 0.1) is 11.3 Å². The Labute approximate surface area is 72.4 Å². The molecule has 0 fully saturated rings. The van der Waals surface area contributed by atoms with E-state index in [4.69, 9.17) is 10.4 Å². The summed E-state index contributed by atoms with van der Waals surface area (Å²) in [5.41, 5.74) is 0. The molecule has 1 atom stereocenters. The van der Waals surface area contributed by atoms with E-state index in [0.717, 1.165) is 6.42 Å². The lowest BCUT2D eigenvalue weighted by Crippen LogP contribution is -2.37. The van der Waals surface area contributed by atoms with E-state index < -0.39 is 5.97 Å². The van der Waals surface area contributed by atoms with E-state index in [-0.39, 0.29) is 19.1 Å². The molecule has 0 heterocycles. The number of aliphatic carboxylic acids is 1. The minimum atomic E-state index is -0.884. The lowest BCUT2D eigenvalue weighted by atomic mass is 10.2. The van der Waals surface area contributed by atoms with Crippen LogP contribution in [0.5, 0.6) is 0 Å². The lowest BCUT2D eigenvalue weighted by Gasteiger charge is -2.23. The highest BCUT2D eigenvalue weighted by molar-refractivity contribution is 5.69. The number of carboxylic acid groups (broad SMARTS) is 1. The third-order valence-corrected chi connectivity index (χ3v) is 1.83. The van der Waals surface area contributed by atoms with Gasteiger partial charge in [-0.1, -0.05) is 6.92 Å². The van der Waals surface area contributed by atoms with Gasteiger partial charge in [0.05, 0.1) is 19.2 Å². The second-order valence-corrected chi connectivity index (χ2v) is 2.71. The Morgan fingerprint density at radius 1 is 1.75 bits per heavy atom. The summed E-state index contributed by atoms with van der Waals surface area (Å²) < 4.78 is 0. The van der Waals surface area contributed by atoms with Crippen molar-refractivity contribution in [2.24, 2.45) is 0 Å². The molecule has 0 aromatic rings. The van der Waals surface area contributed by atoms with Crippen LogP contribution in [0.4, 0.5) is 0 Å². The van der Waals surface area contributed by atoms with Gasteiger partial charge in [-0.3, -0.25) is 9.69 Å². The van der Waals surface area contributed by atoms with Crippen LogP contribution in [-0.2, 0) is 4.79 Å². The molecule has 1 N–H and O–H groups in total. The third-order valence-electron chi connectivity index (χ3n) is 1.83. The van der Waals surface area contributed by atoms with Gasteiger partial charge in [0.15, 0.2) is 0 Å². The van der Waals surface area contributed by atoms with Gasteiger partial charge in [-0.25, -0.2) is 0 Å². The predicted molar refractivity (Wildman–Crippen MR) is 44.6 cm³/mol. The average Bonchev–Trinajstić information content (AvgIpc) is 2.01. The van der Waals surface area contributed by atoms with Crippen LogP contribution in [0.3, 0.4) is 0 Å². The highest BCUT2D eigenvalue weighted by Gasteiger charge is 2.14.